The van der Waals surface area contributed by atoms with Crippen LogP contribution in [0.3, 0.4) is 0 Å². The molecule has 1 amide bonds. The zero-order valence-electron chi connectivity index (χ0n) is 14.5. The van der Waals surface area contributed by atoms with Gasteiger partial charge in [-0.25, -0.2) is 14.1 Å². The molecule has 0 aliphatic carbocycles. The third-order valence-electron chi connectivity index (χ3n) is 3.97. The molecule has 9 heteroatoms. The Labute approximate surface area is 161 Å². The molecular formula is C17H21ClFN5OS. The number of amides is 1. The van der Waals surface area contributed by atoms with Gasteiger partial charge in [-0.05, 0) is 12.3 Å². The molecule has 1 N–H and O–H groups in total. The molecule has 26 heavy (non-hydrogen) atoms. The maximum absolute atomic E-state index is 13.2. The van der Waals surface area contributed by atoms with Crippen molar-refractivity contribution in [1.29, 1.82) is 0 Å². The van der Waals surface area contributed by atoms with Gasteiger partial charge in [0, 0.05) is 36.9 Å². The summed E-state index contributed by atoms with van der Waals surface area (Å²) in [5.74, 6) is -0.311. The number of piperazine rings is 1. The maximum atomic E-state index is 13.2. The van der Waals surface area contributed by atoms with Gasteiger partial charge >= 0.3 is 0 Å². The smallest absolute Gasteiger partial charge is 0.279 e. The molecule has 2 heterocycles. The van der Waals surface area contributed by atoms with Gasteiger partial charge in [-0.1, -0.05) is 24.8 Å². The quantitative estimate of drug-likeness (QED) is 0.613. The van der Waals surface area contributed by atoms with E-state index in [2.05, 4.69) is 28.6 Å². The first-order valence-electron chi connectivity index (χ1n) is 7.94. The summed E-state index contributed by atoms with van der Waals surface area (Å²) in [5.41, 5.74) is 2.94. The number of hydrogen-bond acceptors (Lipinski definition) is 5. The van der Waals surface area contributed by atoms with Crippen LogP contribution in [-0.4, -0.2) is 64.2 Å². The number of rotatable bonds is 5. The minimum atomic E-state index is -0.606. The topological polar surface area (TPSA) is 62.5 Å². The maximum Gasteiger partial charge on any atom is 0.279 e. The van der Waals surface area contributed by atoms with E-state index in [1.54, 1.807) is 18.5 Å². The molecule has 1 aromatic rings. The van der Waals surface area contributed by atoms with E-state index in [4.69, 9.17) is 11.6 Å². The molecule has 1 unspecified atom stereocenters. The minimum Gasteiger partial charge on any atom is -0.329 e. The van der Waals surface area contributed by atoms with Crippen molar-refractivity contribution in [3.63, 3.8) is 0 Å². The zero-order chi connectivity index (χ0) is 19.1. The van der Waals surface area contributed by atoms with Crippen molar-refractivity contribution in [3.8, 4) is 0 Å². The van der Waals surface area contributed by atoms with E-state index in [0.717, 1.165) is 0 Å². The predicted molar refractivity (Wildman–Crippen MR) is 108 cm³/mol. The fraction of sp³-hybridized carbons (Fsp3) is 0.353. The molecule has 1 aliphatic heterocycles. The van der Waals surface area contributed by atoms with E-state index in [0.29, 0.717) is 36.6 Å². The fourth-order valence-electron chi connectivity index (χ4n) is 2.64. The SMILES string of the molecule is C=Cc1c(/C(=C\Cl)N=C(SC)C(=O)N2CCNCC2CF)cnn1C=C. The van der Waals surface area contributed by atoms with E-state index in [1.165, 1.54) is 33.1 Å². The van der Waals surface area contributed by atoms with Crippen molar-refractivity contribution in [2.45, 2.75) is 6.04 Å². The first kappa shape index (κ1) is 20.4. The van der Waals surface area contributed by atoms with Gasteiger partial charge in [0.25, 0.3) is 5.91 Å². The lowest BCUT2D eigenvalue weighted by atomic mass is 10.2. The van der Waals surface area contributed by atoms with Gasteiger partial charge in [0.2, 0.25) is 0 Å². The summed E-state index contributed by atoms with van der Waals surface area (Å²) in [4.78, 5) is 18.8. The van der Waals surface area contributed by atoms with Crippen LogP contribution in [0.25, 0.3) is 18.0 Å². The number of thioether (sulfide) groups is 1. The van der Waals surface area contributed by atoms with Crippen LogP contribution < -0.4 is 5.32 Å². The highest BCUT2D eigenvalue weighted by atomic mass is 35.5. The van der Waals surface area contributed by atoms with E-state index in [9.17, 15) is 9.18 Å². The molecule has 1 atom stereocenters. The standard InChI is InChI=1S/C17H21ClFN5OS/c1-4-15-13(11-21-24(15)5-2)14(8-18)22-16(26-3)17(25)23-7-6-20-10-12(23)9-19/h4-5,8,11-12,20H,1-2,6-7,9-10H2,3H3/b14-8+,22-16?. The van der Waals surface area contributed by atoms with Crippen molar-refractivity contribution >= 4 is 52.3 Å². The Kier molecular flexibility index (Phi) is 7.62. The lowest BCUT2D eigenvalue weighted by molar-refractivity contribution is -0.127. The molecule has 0 aromatic carbocycles. The van der Waals surface area contributed by atoms with E-state index in [1.807, 2.05) is 0 Å². The average Bonchev–Trinajstić information content (AvgIpc) is 3.11. The monoisotopic (exact) mass is 397 g/mol. The summed E-state index contributed by atoms with van der Waals surface area (Å²) < 4.78 is 14.8. The average molecular weight is 398 g/mol. The molecule has 1 aromatic heterocycles. The second-order valence-corrected chi connectivity index (χ2v) is 6.41. The number of nitrogens with zero attached hydrogens (tertiary/aromatic N) is 4. The number of aromatic nitrogens is 2. The van der Waals surface area contributed by atoms with Gasteiger partial charge in [0.05, 0.1) is 23.6 Å². The highest BCUT2D eigenvalue weighted by molar-refractivity contribution is 8.15. The summed E-state index contributed by atoms with van der Waals surface area (Å²) in [6.07, 6.45) is 6.46. The van der Waals surface area contributed by atoms with Crippen LogP contribution in [0.4, 0.5) is 4.39 Å². The minimum absolute atomic E-state index is 0.235. The summed E-state index contributed by atoms with van der Waals surface area (Å²) in [5, 5.41) is 7.49. The second kappa shape index (κ2) is 9.70. The van der Waals surface area contributed by atoms with Gasteiger partial charge < -0.3 is 10.2 Å². The highest BCUT2D eigenvalue weighted by Crippen LogP contribution is 2.24. The Morgan fingerprint density at radius 1 is 1.62 bits per heavy atom. The van der Waals surface area contributed by atoms with E-state index >= 15 is 0 Å². The van der Waals surface area contributed by atoms with Crippen molar-refractivity contribution in [3.05, 3.63) is 36.1 Å². The Bertz CT molecular complexity index is 746. The van der Waals surface area contributed by atoms with Crippen molar-refractivity contribution < 1.29 is 9.18 Å². The Balaban J connectivity index is 2.36. The number of carbonyl (C=O) groups is 1. The van der Waals surface area contributed by atoms with Crippen molar-refractivity contribution in [1.82, 2.24) is 20.0 Å². The molecule has 0 saturated carbocycles. The lowest BCUT2D eigenvalue weighted by Gasteiger charge is -2.34. The Hall–Kier alpha value is -1.90. The molecule has 140 valence electrons. The molecule has 0 bridgehead atoms. The predicted octanol–water partition coefficient (Wildman–Crippen LogP) is 2.70. The summed E-state index contributed by atoms with van der Waals surface area (Å²) in [6, 6.07) is -0.496. The summed E-state index contributed by atoms with van der Waals surface area (Å²) >= 11 is 7.15. The lowest BCUT2D eigenvalue weighted by Crippen LogP contribution is -2.56. The van der Waals surface area contributed by atoms with Gasteiger partial charge in [-0.3, -0.25) is 4.79 Å². The number of halogens is 2. The molecule has 6 nitrogen and oxygen atoms in total. The largest absolute Gasteiger partial charge is 0.329 e. The van der Waals surface area contributed by atoms with Crippen LogP contribution in [0.15, 0.2) is 29.9 Å². The number of carbonyl (C=O) groups excluding carboxylic acids is 1. The Morgan fingerprint density at radius 2 is 2.38 bits per heavy atom. The third-order valence-corrected chi connectivity index (χ3v) is 4.83. The molecule has 0 spiro atoms. The van der Waals surface area contributed by atoms with Gasteiger partial charge in [-0.15, -0.1) is 11.8 Å². The molecule has 2 rings (SSSR count). The number of alkyl halides is 1. The molecule has 0 radical (unpaired) electrons. The third kappa shape index (κ3) is 4.25. The molecule has 1 aliphatic rings. The van der Waals surface area contributed by atoms with Crippen LogP contribution in [0.5, 0.6) is 0 Å². The number of nitrogens with one attached hydrogen (secondary N) is 1. The first-order valence-corrected chi connectivity index (χ1v) is 9.60. The van der Waals surface area contributed by atoms with Crippen molar-refractivity contribution in [2.24, 2.45) is 4.99 Å². The van der Waals surface area contributed by atoms with Gasteiger partial charge in [0.15, 0.2) is 5.04 Å². The highest BCUT2D eigenvalue weighted by Gasteiger charge is 2.29. The molecule has 1 fully saturated rings. The van der Waals surface area contributed by atoms with Crippen LogP contribution in [0.1, 0.15) is 11.3 Å². The van der Waals surface area contributed by atoms with Crippen molar-refractivity contribution in [2.75, 3.05) is 32.6 Å². The van der Waals surface area contributed by atoms with Gasteiger partial charge in [-0.2, -0.15) is 5.10 Å². The number of hydrogen-bond donors (Lipinski definition) is 1. The Morgan fingerprint density at radius 3 is 2.96 bits per heavy atom. The van der Waals surface area contributed by atoms with E-state index in [-0.39, 0.29) is 11.0 Å². The second-order valence-electron chi connectivity index (χ2n) is 5.40. The van der Waals surface area contributed by atoms with Crippen LogP contribution in [0, 0.1) is 0 Å². The zero-order valence-corrected chi connectivity index (χ0v) is 16.1. The van der Waals surface area contributed by atoms with Crippen LogP contribution in [-0.2, 0) is 4.79 Å². The van der Waals surface area contributed by atoms with Crippen LogP contribution >= 0.6 is 23.4 Å². The summed E-state index contributed by atoms with van der Waals surface area (Å²) in [7, 11) is 0. The molecule has 1 saturated heterocycles. The van der Waals surface area contributed by atoms with Gasteiger partial charge in [0.1, 0.15) is 6.67 Å². The fourth-order valence-corrected chi connectivity index (χ4v) is 3.29. The number of aliphatic imine (C=N–C) groups is 1. The first-order chi connectivity index (χ1) is 12.6. The van der Waals surface area contributed by atoms with E-state index < -0.39 is 12.7 Å². The normalized spacial score (nSPS) is 18.7. The van der Waals surface area contributed by atoms with Crippen LogP contribution in [0.2, 0.25) is 0 Å². The summed E-state index contributed by atoms with van der Waals surface area (Å²) in [6.45, 7) is 8.31. The molecular weight excluding hydrogens is 377 g/mol.